The van der Waals surface area contributed by atoms with Crippen LogP contribution in [0.4, 0.5) is 5.69 Å². The first-order chi connectivity index (χ1) is 19.7. The van der Waals surface area contributed by atoms with Crippen molar-refractivity contribution in [1.29, 1.82) is 5.41 Å². The molecule has 218 valence electrons. The van der Waals surface area contributed by atoms with Gasteiger partial charge in [0.2, 0.25) is 0 Å². The van der Waals surface area contributed by atoms with Gasteiger partial charge in [-0.2, -0.15) is 0 Å². The fourth-order valence-corrected chi connectivity index (χ4v) is 6.32. The van der Waals surface area contributed by atoms with Crippen molar-refractivity contribution in [2.24, 2.45) is 12.8 Å². The molecule has 10 heteroatoms. The van der Waals surface area contributed by atoms with E-state index in [1.807, 2.05) is 61.0 Å². The molecule has 0 spiro atoms. The molecule has 0 aliphatic heterocycles. The van der Waals surface area contributed by atoms with Crippen molar-refractivity contribution in [2.45, 2.75) is 38.5 Å². The number of hydrogen-bond acceptors (Lipinski definition) is 6. The molecule has 0 unspecified atom stereocenters. The van der Waals surface area contributed by atoms with E-state index in [-0.39, 0.29) is 10.7 Å². The molecule has 1 aromatic heterocycles. The minimum Gasteiger partial charge on any atom is -0.494 e. The lowest BCUT2D eigenvalue weighted by atomic mass is 10.1. The number of benzene rings is 3. The molecule has 3 aromatic carbocycles. The van der Waals surface area contributed by atoms with Crippen LogP contribution in [0.3, 0.4) is 0 Å². The van der Waals surface area contributed by atoms with Gasteiger partial charge in [-0.05, 0) is 74.5 Å². The summed E-state index contributed by atoms with van der Waals surface area (Å²) in [6, 6.07) is 19.9. The molecule has 0 atom stereocenters. The maximum Gasteiger partial charge on any atom is 0.264 e. The monoisotopic (exact) mass is 576 g/mol. The molecule has 0 bridgehead atoms. The number of likely N-dealkylation sites (N-methyl/N-ethyl adjacent to an activating group) is 1. The van der Waals surface area contributed by atoms with Crippen LogP contribution in [-0.2, 0) is 29.9 Å². The third-order valence-corrected chi connectivity index (χ3v) is 9.23. The van der Waals surface area contributed by atoms with E-state index in [1.165, 1.54) is 4.31 Å². The molecule has 0 saturated heterocycles. The average molecular weight is 577 g/mol. The molecule has 0 aliphatic carbocycles. The van der Waals surface area contributed by atoms with E-state index in [4.69, 9.17) is 20.9 Å². The number of aromatic nitrogens is 2. The number of anilines is 1. The summed E-state index contributed by atoms with van der Waals surface area (Å²) in [5, 5.41) is 7.57. The number of fused-ring (bicyclic) bond motifs is 1. The van der Waals surface area contributed by atoms with Crippen LogP contribution in [0, 0.1) is 5.41 Å². The Hall–Kier alpha value is -3.89. The topological polar surface area (TPSA) is 118 Å². The Kier molecular flexibility index (Phi) is 9.67. The summed E-state index contributed by atoms with van der Waals surface area (Å²) >= 11 is 0. The number of nitrogens with two attached hydrogens (primary N) is 1. The molecule has 0 fully saturated rings. The molecule has 0 saturated carbocycles. The molecular weight excluding hydrogens is 536 g/mol. The zero-order valence-electron chi connectivity index (χ0n) is 24.3. The first kappa shape index (κ1) is 30.1. The SMILES string of the molecule is CCOc1ccc(S(=O)(=O)N(CCN(CC)CC)c2ccc3nc(CCc4ccc(C(=N)N)cc4)n(C)c3c2)cc1. The third-order valence-electron chi connectivity index (χ3n) is 7.38. The highest BCUT2D eigenvalue weighted by Crippen LogP contribution is 2.29. The van der Waals surface area contributed by atoms with Gasteiger partial charge in [-0.3, -0.25) is 9.71 Å². The van der Waals surface area contributed by atoms with E-state index in [0.717, 1.165) is 48.4 Å². The lowest BCUT2D eigenvalue weighted by molar-refractivity contribution is 0.313. The standard InChI is InChI=1S/C31H40N6O3S/c1-5-36(6-2)20-21-37(41(38,39)27-16-14-26(15-17-27)40-7-3)25-13-18-28-29(22-25)35(4)30(34-28)19-10-23-8-11-24(12-9-23)31(32)33/h8-9,11-18,22H,5-7,10,19-21H2,1-4H3,(H3,32,33). The van der Waals surface area contributed by atoms with Gasteiger partial charge in [0.1, 0.15) is 17.4 Å². The van der Waals surface area contributed by atoms with Gasteiger partial charge in [0, 0.05) is 32.1 Å². The minimum atomic E-state index is -3.83. The Morgan fingerprint density at radius 2 is 1.63 bits per heavy atom. The maximum atomic E-state index is 14.0. The molecular formula is C31H40N6O3S. The van der Waals surface area contributed by atoms with Gasteiger partial charge in [-0.15, -0.1) is 0 Å². The van der Waals surface area contributed by atoms with Gasteiger partial charge in [-0.25, -0.2) is 13.4 Å². The molecule has 0 aliphatic rings. The minimum absolute atomic E-state index is 0.0541. The van der Waals surface area contributed by atoms with Crippen LogP contribution >= 0.6 is 0 Å². The molecule has 0 radical (unpaired) electrons. The number of nitrogens with one attached hydrogen (secondary N) is 1. The molecule has 1 heterocycles. The highest BCUT2D eigenvalue weighted by atomic mass is 32.2. The summed E-state index contributed by atoms with van der Waals surface area (Å²) in [4.78, 5) is 7.28. The van der Waals surface area contributed by atoms with Crippen LogP contribution in [-0.4, -0.2) is 61.5 Å². The zero-order chi connectivity index (χ0) is 29.6. The van der Waals surface area contributed by atoms with E-state index in [0.29, 0.717) is 36.7 Å². The van der Waals surface area contributed by atoms with Crippen LogP contribution in [0.1, 0.15) is 37.7 Å². The van der Waals surface area contributed by atoms with Crippen molar-refractivity contribution in [3.63, 3.8) is 0 Å². The Morgan fingerprint density at radius 3 is 2.24 bits per heavy atom. The van der Waals surface area contributed by atoms with E-state index >= 15 is 0 Å². The highest BCUT2D eigenvalue weighted by Gasteiger charge is 2.26. The number of imidazole rings is 1. The lowest BCUT2D eigenvalue weighted by Gasteiger charge is -2.28. The largest absolute Gasteiger partial charge is 0.494 e. The number of hydrogen-bond donors (Lipinski definition) is 2. The molecule has 41 heavy (non-hydrogen) atoms. The number of nitrogens with zero attached hydrogens (tertiary/aromatic N) is 4. The number of ether oxygens (including phenoxy) is 1. The number of nitrogen functional groups attached to an aromatic ring is 1. The quantitative estimate of drug-likeness (QED) is 0.168. The molecule has 3 N–H and O–H groups in total. The normalized spacial score (nSPS) is 11.7. The number of amidine groups is 1. The summed E-state index contributed by atoms with van der Waals surface area (Å²) in [5.74, 6) is 1.61. The van der Waals surface area contributed by atoms with Gasteiger partial charge in [0.15, 0.2) is 0 Å². The Labute approximate surface area is 243 Å². The van der Waals surface area contributed by atoms with Gasteiger partial charge >= 0.3 is 0 Å². The summed E-state index contributed by atoms with van der Waals surface area (Å²) in [5.41, 5.74) is 9.70. The van der Waals surface area contributed by atoms with Gasteiger partial charge in [-0.1, -0.05) is 38.1 Å². The highest BCUT2D eigenvalue weighted by molar-refractivity contribution is 7.92. The molecule has 0 amide bonds. The summed E-state index contributed by atoms with van der Waals surface area (Å²) < 4.78 is 37.0. The van der Waals surface area contributed by atoms with Gasteiger partial charge in [0.05, 0.1) is 28.2 Å². The second-order valence-electron chi connectivity index (χ2n) is 9.88. The summed E-state index contributed by atoms with van der Waals surface area (Å²) in [6.07, 6.45) is 1.50. The van der Waals surface area contributed by atoms with Crippen molar-refractivity contribution in [3.8, 4) is 5.75 Å². The van der Waals surface area contributed by atoms with Crippen LogP contribution < -0.4 is 14.8 Å². The van der Waals surface area contributed by atoms with Crippen molar-refractivity contribution in [3.05, 3.63) is 83.7 Å². The number of sulfonamides is 1. The van der Waals surface area contributed by atoms with Crippen LogP contribution in [0.25, 0.3) is 11.0 Å². The second kappa shape index (κ2) is 13.2. The van der Waals surface area contributed by atoms with Crippen molar-refractivity contribution >= 4 is 32.6 Å². The smallest absolute Gasteiger partial charge is 0.264 e. The fourth-order valence-electron chi connectivity index (χ4n) is 4.88. The summed E-state index contributed by atoms with van der Waals surface area (Å²) in [7, 11) is -1.86. The van der Waals surface area contributed by atoms with Gasteiger partial charge in [0.25, 0.3) is 10.0 Å². The molecule has 4 rings (SSSR count). The summed E-state index contributed by atoms with van der Waals surface area (Å²) in [6.45, 7) is 9.19. The fraction of sp³-hybridized carbons (Fsp3) is 0.355. The van der Waals surface area contributed by atoms with E-state index in [2.05, 4.69) is 18.7 Å². The van der Waals surface area contributed by atoms with Crippen molar-refractivity contribution in [2.75, 3.05) is 37.1 Å². The first-order valence-electron chi connectivity index (χ1n) is 14.0. The third kappa shape index (κ3) is 6.89. The number of aryl methyl sites for hydroxylation is 3. The van der Waals surface area contributed by atoms with Crippen LogP contribution in [0.5, 0.6) is 5.75 Å². The Balaban J connectivity index is 1.64. The van der Waals surface area contributed by atoms with E-state index in [9.17, 15) is 8.42 Å². The van der Waals surface area contributed by atoms with E-state index < -0.39 is 10.0 Å². The van der Waals surface area contributed by atoms with Crippen molar-refractivity contribution in [1.82, 2.24) is 14.5 Å². The van der Waals surface area contributed by atoms with Crippen LogP contribution in [0.15, 0.2) is 71.6 Å². The Morgan fingerprint density at radius 1 is 0.951 bits per heavy atom. The van der Waals surface area contributed by atoms with Crippen molar-refractivity contribution < 1.29 is 13.2 Å². The van der Waals surface area contributed by atoms with Gasteiger partial charge < -0.3 is 19.9 Å². The predicted molar refractivity (Wildman–Crippen MR) is 166 cm³/mol. The second-order valence-corrected chi connectivity index (χ2v) is 11.7. The lowest BCUT2D eigenvalue weighted by Crippen LogP contribution is -2.38. The Bertz CT molecular complexity index is 1580. The number of rotatable bonds is 14. The predicted octanol–water partition coefficient (Wildman–Crippen LogP) is 4.58. The molecule has 9 nitrogen and oxygen atoms in total. The maximum absolute atomic E-state index is 14.0. The van der Waals surface area contributed by atoms with E-state index in [1.54, 1.807) is 24.3 Å². The first-order valence-corrected chi connectivity index (χ1v) is 15.5. The zero-order valence-corrected chi connectivity index (χ0v) is 25.1. The molecule has 4 aromatic rings. The van der Waals surface area contributed by atoms with Crippen LogP contribution in [0.2, 0.25) is 0 Å². The average Bonchev–Trinajstić information content (AvgIpc) is 3.29.